The third-order valence-corrected chi connectivity index (χ3v) is 3.87. The van der Waals surface area contributed by atoms with Gasteiger partial charge in [0.05, 0.1) is 6.61 Å². The Balaban J connectivity index is 2.35. The molecular weight excluding hydrogens is 284 g/mol. The molecule has 2 nitrogen and oxygen atoms in total. The van der Waals surface area contributed by atoms with E-state index in [9.17, 15) is 4.79 Å². The SMILES string of the molecule is CCCOc1ccc(Cl)c(CCCCCC(=O)C(C)C)c1. The van der Waals surface area contributed by atoms with E-state index in [1.807, 2.05) is 32.0 Å². The lowest BCUT2D eigenvalue weighted by Gasteiger charge is -2.09. The maximum Gasteiger partial charge on any atom is 0.135 e. The fourth-order valence-electron chi connectivity index (χ4n) is 2.13. The van der Waals surface area contributed by atoms with E-state index < -0.39 is 0 Å². The molecule has 21 heavy (non-hydrogen) atoms. The van der Waals surface area contributed by atoms with Gasteiger partial charge in [0.15, 0.2) is 0 Å². The van der Waals surface area contributed by atoms with E-state index in [0.29, 0.717) is 12.2 Å². The highest BCUT2D eigenvalue weighted by Crippen LogP contribution is 2.24. The number of carbonyl (C=O) groups excluding carboxylic acids is 1. The van der Waals surface area contributed by atoms with Crippen LogP contribution < -0.4 is 4.74 Å². The van der Waals surface area contributed by atoms with Gasteiger partial charge >= 0.3 is 0 Å². The van der Waals surface area contributed by atoms with Crippen LogP contribution in [-0.2, 0) is 11.2 Å². The van der Waals surface area contributed by atoms with Crippen LogP contribution in [0.5, 0.6) is 5.75 Å². The zero-order valence-corrected chi connectivity index (χ0v) is 14.2. The molecule has 3 heteroatoms. The van der Waals surface area contributed by atoms with Gasteiger partial charge in [-0.25, -0.2) is 0 Å². The van der Waals surface area contributed by atoms with E-state index in [1.165, 1.54) is 0 Å². The topological polar surface area (TPSA) is 26.3 Å². The summed E-state index contributed by atoms with van der Waals surface area (Å²) in [7, 11) is 0. The molecule has 0 fully saturated rings. The molecule has 0 saturated carbocycles. The fourth-order valence-corrected chi connectivity index (χ4v) is 2.34. The van der Waals surface area contributed by atoms with E-state index in [1.54, 1.807) is 0 Å². The lowest BCUT2D eigenvalue weighted by molar-refractivity contribution is -0.122. The van der Waals surface area contributed by atoms with Gasteiger partial charge < -0.3 is 4.74 Å². The minimum absolute atomic E-state index is 0.159. The van der Waals surface area contributed by atoms with Crippen molar-refractivity contribution in [1.29, 1.82) is 0 Å². The zero-order chi connectivity index (χ0) is 15.7. The highest BCUT2D eigenvalue weighted by molar-refractivity contribution is 6.31. The van der Waals surface area contributed by atoms with Crippen molar-refractivity contribution in [3.63, 3.8) is 0 Å². The predicted octanol–water partition coefficient (Wildman–Crippen LogP) is 5.46. The summed E-state index contributed by atoms with van der Waals surface area (Å²) in [6, 6.07) is 5.87. The van der Waals surface area contributed by atoms with Gasteiger partial charge in [0, 0.05) is 17.4 Å². The van der Waals surface area contributed by atoms with Gasteiger partial charge in [-0.1, -0.05) is 38.8 Å². The number of Topliss-reactive ketones (excluding diaryl/α,β-unsaturated/α-hetero) is 1. The molecule has 0 aliphatic carbocycles. The number of ether oxygens (including phenoxy) is 1. The summed E-state index contributed by atoms with van der Waals surface area (Å²) in [4.78, 5) is 11.5. The summed E-state index contributed by atoms with van der Waals surface area (Å²) in [5.41, 5.74) is 1.14. The molecule has 0 radical (unpaired) electrons. The van der Waals surface area contributed by atoms with Crippen LogP contribution in [0, 0.1) is 5.92 Å². The van der Waals surface area contributed by atoms with Gasteiger partial charge in [-0.3, -0.25) is 4.79 Å². The Morgan fingerprint density at radius 1 is 1.24 bits per heavy atom. The van der Waals surface area contributed by atoms with E-state index in [-0.39, 0.29) is 5.92 Å². The van der Waals surface area contributed by atoms with Crippen LogP contribution >= 0.6 is 11.6 Å². The summed E-state index contributed by atoms with van der Waals surface area (Å²) in [6.07, 6.45) is 5.74. The molecule has 0 aliphatic rings. The molecule has 0 amide bonds. The van der Waals surface area contributed by atoms with E-state index in [2.05, 4.69) is 6.92 Å². The first-order valence-corrected chi connectivity index (χ1v) is 8.36. The summed E-state index contributed by atoms with van der Waals surface area (Å²) in [6.45, 7) is 6.75. The number of unbranched alkanes of at least 4 members (excludes halogenated alkanes) is 2. The zero-order valence-electron chi connectivity index (χ0n) is 13.5. The predicted molar refractivity (Wildman–Crippen MR) is 89.3 cm³/mol. The molecule has 1 rings (SSSR count). The van der Waals surface area contributed by atoms with Crippen LogP contribution in [0.15, 0.2) is 18.2 Å². The third kappa shape index (κ3) is 6.99. The smallest absolute Gasteiger partial charge is 0.135 e. The molecular formula is C18H27ClO2. The van der Waals surface area contributed by atoms with Crippen molar-refractivity contribution in [2.24, 2.45) is 5.92 Å². The molecule has 0 aliphatic heterocycles. The Kier molecular flexibility index (Phi) is 8.44. The van der Waals surface area contributed by atoms with Crippen molar-refractivity contribution in [1.82, 2.24) is 0 Å². The average Bonchev–Trinajstić information content (AvgIpc) is 2.46. The number of ketones is 1. The van der Waals surface area contributed by atoms with Crippen LogP contribution in [0.2, 0.25) is 5.02 Å². The van der Waals surface area contributed by atoms with Crippen molar-refractivity contribution < 1.29 is 9.53 Å². The van der Waals surface area contributed by atoms with Gasteiger partial charge in [-0.15, -0.1) is 0 Å². The minimum atomic E-state index is 0.159. The Bertz CT molecular complexity index is 441. The second kappa shape index (κ2) is 9.83. The average molecular weight is 311 g/mol. The summed E-state index contributed by atoms with van der Waals surface area (Å²) < 4.78 is 5.63. The summed E-state index contributed by atoms with van der Waals surface area (Å²) in [5.74, 6) is 1.42. The molecule has 0 heterocycles. The molecule has 1 aromatic rings. The maximum absolute atomic E-state index is 11.5. The van der Waals surface area contributed by atoms with Crippen molar-refractivity contribution in [2.75, 3.05) is 6.61 Å². The number of halogens is 1. The van der Waals surface area contributed by atoms with Crippen LogP contribution in [0.3, 0.4) is 0 Å². The molecule has 0 N–H and O–H groups in total. The normalized spacial score (nSPS) is 10.9. The lowest BCUT2D eigenvalue weighted by atomic mass is 10.0. The van der Waals surface area contributed by atoms with E-state index in [4.69, 9.17) is 16.3 Å². The van der Waals surface area contributed by atoms with E-state index >= 15 is 0 Å². The van der Waals surface area contributed by atoms with Crippen LogP contribution in [0.25, 0.3) is 0 Å². The van der Waals surface area contributed by atoms with Crippen molar-refractivity contribution >= 4 is 17.4 Å². The summed E-state index contributed by atoms with van der Waals surface area (Å²) in [5, 5.41) is 0.803. The number of aryl methyl sites for hydroxylation is 1. The largest absolute Gasteiger partial charge is 0.494 e. The first-order chi connectivity index (χ1) is 10.0. The van der Waals surface area contributed by atoms with Gasteiger partial charge in [-0.05, 0) is 49.4 Å². The monoisotopic (exact) mass is 310 g/mol. The Hall–Kier alpha value is -1.02. The van der Waals surface area contributed by atoms with Crippen LogP contribution in [0.4, 0.5) is 0 Å². The second-order valence-electron chi connectivity index (χ2n) is 5.78. The Morgan fingerprint density at radius 2 is 2.00 bits per heavy atom. The van der Waals surface area contributed by atoms with Crippen molar-refractivity contribution in [3.8, 4) is 5.75 Å². The summed E-state index contributed by atoms with van der Waals surface area (Å²) >= 11 is 6.23. The Labute approximate surface area is 133 Å². The van der Waals surface area contributed by atoms with Crippen LogP contribution in [-0.4, -0.2) is 12.4 Å². The molecule has 0 unspecified atom stereocenters. The number of hydrogen-bond acceptors (Lipinski definition) is 2. The van der Waals surface area contributed by atoms with Gasteiger partial charge in [-0.2, -0.15) is 0 Å². The lowest BCUT2D eigenvalue weighted by Crippen LogP contribution is -2.06. The fraction of sp³-hybridized carbons (Fsp3) is 0.611. The third-order valence-electron chi connectivity index (χ3n) is 3.50. The number of carbonyl (C=O) groups is 1. The van der Waals surface area contributed by atoms with Gasteiger partial charge in [0.1, 0.15) is 11.5 Å². The standard InChI is InChI=1S/C18H27ClO2/c1-4-12-21-16-10-11-17(19)15(13-16)8-6-5-7-9-18(20)14(2)3/h10-11,13-14H,4-9,12H2,1-3H3. The molecule has 0 atom stereocenters. The minimum Gasteiger partial charge on any atom is -0.494 e. The molecule has 118 valence electrons. The quantitative estimate of drug-likeness (QED) is 0.537. The number of rotatable bonds is 10. The molecule has 0 aromatic heterocycles. The number of hydrogen-bond donors (Lipinski definition) is 0. The van der Waals surface area contributed by atoms with Gasteiger partial charge in [0.2, 0.25) is 0 Å². The molecule has 0 bridgehead atoms. The Morgan fingerprint density at radius 3 is 2.67 bits per heavy atom. The first-order valence-electron chi connectivity index (χ1n) is 7.98. The second-order valence-corrected chi connectivity index (χ2v) is 6.19. The maximum atomic E-state index is 11.5. The molecule has 0 spiro atoms. The van der Waals surface area contributed by atoms with Gasteiger partial charge in [0.25, 0.3) is 0 Å². The first kappa shape index (κ1) is 18.0. The van der Waals surface area contributed by atoms with E-state index in [0.717, 1.165) is 55.0 Å². The molecule has 0 saturated heterocycles. The number of benzene rings is 1. The van der Waals surface area contributed by atoms with Crippen molar-refractivity contribution in [3.05, 3.63) is 28.8 Å². The highest BCUT2D eigenvalue weighted by atomic mass is 35.5. The highest BCUT2D eigenvalue weighted by Gasteiger charge is 2.07. The van der Waals surface area contributed by atoms with Crippen molar-refractivity contribution in [2.45, 2.75) is 59.3 Å². The van der Waals surface area contributed by atoms with Crippen LogP contribution in [0.1, 0.15) is 58.4 Å². The molecule has 1 aromatic carbocycles.